The Kier molecular flexibility index (Phi) is 5.19. The Morgan fingerprint density at radius 2 is 2.10 bits per heavy atom. The van der Waals surface area contributed by atoms with Crippen LogP contribution in [0.2, 0.25) is 0 Å². The van der Waals surface area contributed by atoms with Gasteiger partial charge < -0.3 is 10.1 Å². The van der Waals surface area contributed by atoms with Gasteiger partial charge in [-0.3, -0.25) is 4.90 Å². The molecule has 0 aromatic heterocycles. The lowest BCUT2D eigenvalue weighted by Gasteiger charge is -2.40. The first-order valence-electron chi connectivity index (χ1n) is 7.62. The van der Waals surface area contributed by atoms with Gasteiger partial charge in [0, 0.05) is 19.1 Å². The van der Waals surface area contributed by atoms with Crippen molar-refractivity contribution in [2.24, 2.45) is 0 Å². The van der Waals surface area contributed by atoms with Gasteiger partial charge in [-0.1, -0.05) is 32.0 Å². The molecule has 1 N–H and O–H groups in total. The molecule has 1 fully saturated rings. The molecule has 1 aliphatic heterocycles. The molecule has 0 aliphatic carbocycles. The van der Waals surface area contributed by atoms with Crippen LogP contribution in [0.3, 0.4) is 0 Å². The zero-order valence-corrected chi connectivity index (χ0v) is 13.4. The minimum Gasteiger partial charge on any atom is -0.374 e. The van der Waals surface area contributed by atoms with Crippen molar-refractivity contribution >= 4 is 0 Å². The zero-order chi connectivity index (χ0) is 14.7. The lowest BCUT2D eigenvalue weighted by molar-refractivity contribution is -0.0622. The Morgan fingerprint density at radius 1 is 1.35 bits per heavy atom. The van der Waals surface area contributed by atoms with E-state index < -0.39 is 0 Å². The summed E-state index contributed by atoms with van der Waals surface area (Å²) in [6.45, 7) is 11.5. The highest BCUT2D eigenvalue weighted by Gasteiger charge is 2.32. The largest absolute Gasteiger partial charge is 0.374 e. The second kappa shape index (κ2) is 6.70. The summed E-state index contributed by atoms with van der Waals surface area (Å²) < 4.78 is 6.06. The number of rotatable bonds is 4. The summed E-state index contributed by atoms with van der Waals surface area (Å²) in [6, 6.07) is 7.43. The molecule has 2 rings (SSSR count). The molecule has 112 valence electrons. The van der Waals surface area contributed by atoms with E-state index in [1.165, 1.54) is 16.7 Å². The molecule has 1 aromatic carbocycles. The van der Waals surface area contributed by atoms with Crippen molar-refractivity contribution in [3.05, 3.63) is 34.9 Å². The van der Waals surface area contributed by atoms with Crippen LogP contribution in [0.25, 0.3) is 0 Å². The number of nitrogens with zero attached hydrogens (tertiary/aromatic N) is 1. The predicted molar refractivity (Wildman–Crippen MR) is 84.2 cm³/mol. The van der Waals surface area contributed by atoms with E-state index in [1.54, 1.807) is 0 Å². The van der Waals surface area contributed by atoms with E-state index in [9.17, 15) is 0 Å². The van der Waals surface area contributed by atoms with Gasteiger partial charge in [-0.15, -0.1) is 0 Å². The average molecular weight is 276 g/mol. The van der Waals surface area contributed by atoms with Gasteiger partial charge in [0.1, 0.15) is 0 Å². The van der Waals surface area contributed by atoms with Crippen LogP contribution < -0.4 is 5.32 Å². The van der Waals surface area contributed by atoms with Crippen molar-refractivity contribution in [1.82, 2.24) is 10.2 Å². The van der Waals surface area contributed by atoms with Gasteiger partial charge in [0.05, 0.1) is 18.8 Å². The van der Waals surface area contributed by atoms with Gasteiger partial charge in [-0.2, -0.15) is 0 Å². The Hall–Kier alpha value is -0.900. The van der Waals surface area contributed by atoms with E-state index in [2.05, 4.69) is 63.2 Å². The molecule has 3 heteroatoms. The van der Waals surface area contributed by atoms with Gasteiger partial charge >= 0.3 is 0 Å². The normalized spacial score (nSPS) is 24.3. The molecule has 0 amide bonds. The Morgan fingerprint density at radius 3 is 2.80 bits per heavy atom. The molecule has 1 heterocycles. The van der Waals surface area contributed by atoms with Crippen LogP contribution in [0.1, 0.15) is 36.6 Å². The number of benzene rings is 1. The maximum atomic E-state index is 6.06. The SMILES string of the molecule is Cc1cccc(C2C(CNC(C)C)OCCN2C)c1C. The Bertz CT molecular complexity index is 445. The second-order valence-electron chi connectivity index (χ2n) is 6.19. The van der Waals surface area contributed by atoms with Crippen LogP contribution in [0.4, 0.5) is 0 Å². The minimum atomic E-state index is 0.219. The molecule has 3 nitrogen and oxygen atoms in total. The van der Waals surface area contributed by atoms with Crippen LogP contribution in [-0.2, 0) is 4.74 Å². The third-order valence-electron chi connectivity index (χ3n) is 4.30. The Balaban J connectivity index is 2.25. The van der Waals surface area contributed by atoms with Crippen molar-refractivity contribution in [3.63, 3.8) is 0 Å². The molecule has 1 saturated heterocycles. The van der Waals surface area contributed by atoms with Crippen LogP contribution >= 0.6 is 0 Å². The highest BCUT2D eigenvalue weighted by atomic mass is 16.5. The van der Waals surface area contributed by atoms with Gasteiger partial charge in [-0.25, -0.2) is 0 Å². The van der Waals surface area contributed by atoms with E-state index in [0.717, 1.165) is 19.7 Å². The van der Waals surface area contributed by atoms with E-state index in [0.29, 0.717) is 12.1 Å². The quantitative estimate of drug-likeness (QED) is 0.915. The Labute approximate surface area is 123 Å². The lowest BCUT2D eigenvalue weighted by Crippen LogP contribution is -2.48. The smallest absolute Gasteiger partial charge is 0.0896 e. The highest BCUT2D eigenvalue weighted by Crippen LogP contribution is 2.31. The molecule has 0 bridgehead atoms. The van der Waals surface area contributed by atoms with E-state index in [4.69, 9.17) is 4.74 Å². The van der Waals surface area contributed by atoms with Crippen LogP contribution in [0.15, 0.2) is 18.2 Å². The van der Waals surface area contributed by atoms with E-state index >= 15 is 0 Å². The molecule has 1 aliphatic rings. The molecule has 2 atom stereocenters. The third kappa shape index (κ3) is 3.40. The first-order valence-corrected chi connectivity index (χ1v) is 7.62. The van der Waals surface area contributed by atoms with E-state index in [1.807, 2.05) is 0 Å². The fourth-order valence-electron chi connectivity index (χ4n) is 2.92. The number of hydrogen-bond acceptors (Lipinski definition) is 3. The number of likely N-dealkylation sites (N-methyl/N-ethyl adjacent to an activating group) is 1. The summed E-state index contributed by atoms with van der Waals surface area (Å²) >= 11 is 0. The maximum absolute atomic E-state index is 6.06. The molecular formula is C17H28N2O. The van der Waals surface area contributed by atoms with Crippen molar-refractivity contribution in [2.45, 2.75) is 45.9 Å². The standard InChI is InChI=1S/C17H28N2O/c1-12(2)18-11-16-17(19(5)9-10-20-16)15-8-6-7-13(3)14(15)4/h6-8,12,16-18H,9-11H2,1-5H3. The van der Waals surface area contributed by atoms with Crippen LogP contribution in [-0.4, -0.2) is 43.8 Å². The third-order valence-corrected chi connectivity index (χ3v) is 4.30. The molecule has 0 radical (unpaired) electrons. The topological polar surface area (TPSA) is 24.5 Å². The minimum absolute atomic E-state index is 0.219. The first kappa shape index (κ1) is 15.5. The summed E-state index contributed by atoms with van der Waals surface area (Å²) in [5.41, 5.74) is 4.16. The van der Waals surface area contributed by atoms with Gasteiger partial charge in [0.25, 0.3) is 0 Å². The fraction of sp³-hybridized carbons (Fsp3) is 0.647. The monoisotopic (exact) mass is 276 g/mol. The molecular weight excluding hydrogens is 248 g/mol. The van der Waals surface area contributed by atoms with Crippen LogP contribution in [0.5, 0.6) is 0 Å². The fourth-order valence-corrected chi connectivity index (χ4v) is 2.92. The average Bonchev–Trinajstić information content (AvgIpc) is 2.40. The van der Waals surface area contributed by atoms with Gasteiger partial charge in [0.15, 0.2) is 0 Å². The summed E-state index contributed by atoms with van der Waals surface area (Å²) in [5, 5.41) is 3.52. The number of ether oxygens (including phenoxy) is 1. The molecule has 0 saturated carbocycles. The number of morpholine rings is 1. The van der Waals surface area contributed by atoms with Crippen molar-refractivity contribution in [2.75, 3.05) is 26.7 Å². The summed E-state index contributed by atoms with van der Waals surface area (Å²) in [4.78, 5) is 2.43. The van der Waals surface area contributed by atoms with Crippen LogP contribution in [0, 0.1) is 13.8 Å². The highest BCUT2D eigenvalue weighted by molar-refractivity contribution is 5.36. The number of aryl methyl sites for hydroxylation is 1. The summed E-state index contributed by atoms with van der Waals surface area (Å²) in [5.74, 6) is 0. The van der Waals surface area contributed by atoms with Crippen molar-refractivity contribution in [3.8, 4) is 0 Å². The number of hydrogen-bond donors (Lipinski definition) is 1. The zero-order valence-electron chi connectivity index (χ0n) is 13.4. The second-order valence-corrected chi connectivity index (χ2v) is 6.19. The maximum Gasteiger partial charge on any atom is 0.0896 e. The lowest BCUT2D eigenvalue weighted by atomic mass is 9.92. The van der Waals surface area contributed by atoms with E-state index in [-0.39, 0.29) is 6.10 Å². The summed E-state index contributed by atoms with van der Waals surface area (Å²) in [7, 11) is 2.21. The van der Waals surface area contributed by atoms with Gasteiger partial charge in [-0.05, 0) is 37.6 Å². The molecule has 1 aromatic rings. The van der Waals surface area contributed by atoms with Gasteiger partial charge in [0.2, 0.25) is 0 Å². The number of nitrogens with one attached hydrogen (secondary N) is 1. The van der Waals surface area contributed by atoms with Crippen molar-refractivity contribution in [1.29, 1.82) is 0 Å². The summed E-state index contributed by atoms with van der Waals surface area (Å²) in [6.07, 6.45) is 0.219. The molecule has 20 heavy (non-hydrogen) atoms. The first-order chi connectivity index (χ1) is 9.50. The molecule has 0 spiro atoms. The van der Waals surface area contributed by atoms with Crippen molar-refractivity contribution < 1.29 is 4.74 Å². The molecule has 2 unspecified atom stereocenters. The predicted octanol–water partition coefficient (Wildman–Crippen LogP) is 2.67.